The normalized spacial score (nSPS) is 14.5. The van der Waals surface area contributed by atoms with E-state index in [2.05, 4.69) is 14.9 Å². The summed E-state index contributed by atoms with van der Waals surface area (Å²) < 4.78 is 38.5. The zero-order valence-electron chi connectivity index (χ0n) is 17.9. The van der Waals surface area contributed by atoms with Gasteiger partial charge in [0.15, 0.2) is 5.82 Å². The van der Waals surface area contributed by atoms with Gasteiger partial charge in [-0.25, -0.2) is 9.97 Å². The van der Waals surface area contributed by atoms with E-state index in [4.69, 9.17) is 0 Å². The number of nitrogens with zero attached hydrogens (tertiary/aromatic N) is 4. The minimum absolute atomic E-state index is 0.0204. The summed E-state index contributed by atoms with van der Waals surface area (Å²) in [6.07, 6.45) is -4.38. The summed E-state index contributed by atoms with van der Waals surface area (Å²) >= 11 is 0. The number of anilines is 1. The van der Waals surface area contributed by atoms with Gasteiger partial charge in [-0.2, -0.15) is 13.2 Å². The Bertz CT molecular complexity index is 1120. The third kappa shape index (κ3) is 4.59. The molecule has 1 saturated heterocycles. The predicted molar refractivity (Wildman–Crippen MR) is 117 cm³/mol. The minimum Gasteiger partial charge on any atom is -0.353 e. The summed E-state index contributed by atoms with van der Waals surface area (Å²) in [5.74, 6) is 1.11. The number of amides is 1. The van der Waals surface area contributed by atoms with Gasteiger partial charge in [-0.15, -0.1) is 0 Å². The SMILES string of the molecule is Cc1cc(N2CCN(C(=O)c3ccccc3C)CC2)nc(-c2ccc(C(F)(F)F)cc2)n1. The van der Waals surface area contributed by atoms with Gasteiger partial charge < -0.3 is 9.80 Å². The molecular formula is C24H23F3N4O. The van der Waals surface area contributed by atoms with Crippen molar-refractivity contribution in [2.75, 3.05) is 31.1 Å². The van der Waals surface area contributed by atoms with Crippen molar-refractivity contribution >= 4 is 11.7 Å². The molecule has 5 nitrogen and oxygen atoms in total. The molecule has 166 valence electrons. The third-order valence-electron chi connectivity index (χ3n) is 5.58. The number of alkyl halides is 3. The van der Waals surface area contributed by atoms with Crippen LogP contribution in [0, 0.1) is 13.8 Å². The molecule has 0 aliphatic carbocycles. The molecule has 0 saturated carbocycles. The summed E-state index contributed by atoms with van der Waals surface area (Å²) in [5.41, 5.74) is 2.21. The van der Waals surface area contributed by atoms with Crippen LogP contribution in [-0.4, -0.2) is 47.0 Å². The number of benzene rings is 2. The highest BCUT2D eigenvalue weighted by atomic mass is 19.4. The molecule has 8 heteroatoms. The molecule has 1 aromatic heterocycles. The van der Waals surface area contributed by atoms with Gasteiger partial charge in [-0.05, 0) is 37.6 Å². The Labute approximate surface area is 184 Å². The van der Waals surface area contributed by atoms with Gasteiger partial charge in [0.2, 0.25) is 0 Å². The maximum atomic E-state index is 12.9. The molecule has 32 heavy (non-hydrogen) atoms. The van der Waals surface area contributed by atoms with E-state index in [0.29, 0.717) is 48.9 Å². The standard InChI is InChI=1S/C24H23F3N4O/c1-16-5-3-4-6-20(16)23(32)31-13-11-30(12-14-31)21-15-17(2)28-22(29-21)18-7-9-19(10-8-18)24(25,26)27/h3-10,15H,11-14H2,1-2H3. The van der Waals surface area contributed by atoms with E-state index >= 15 is 0 Å². The van der Waals surface area contributed by atoms with E-state index in [-0.39, 0.29) is 5.91 Å². The summed E-state index contributed by atoms with van der Waals surface area (Å²) in [6, 6.07) is 14.3. The van der Waals surface area contributed by atoms with Crippen molar-refractivity contribution in [2.24, 2.45) is 0 Å². The fraction of sp³-hybridized carbons (Fsp3) is 0.292. The van der Waals surface area contributed by atoms with E-state index in [1.54, 1.807) is 0 Å². The summed E-state index contributed by atoms with van der Waals surface area (Å²) in [7, 11) is 0. The average Bonchev–Trinajstić information content (AvgIpc) is 2.78. The summed E-state index contributed by atoms with van der Waals surface area (Å²) in [5, 5.41) is 0. The first-order valence-electron chi connectivity index (χ1n) is 10.4. The monoisotopic (exact) mass is 440 g/mol. The van der Waals surface area contributed by atoms with Crippen LogP contribution in [0.4, 0.5) is 19.0 Å². The second kappa shape index (κ2) is 8.61. The Morgan fingerprint density at radius 1 is 0.906 bits per heavy atom. The number of aromatic nitrogens is 2. The quantitative estimate of drug-likeness (QED) is 0.590. The third-order valence-corrected chi connectivity index (χ3v) is 5.58. The molecule has 0 unspecified atom stereocenters. The maximum Gasteiger partial charge on any atom is 0.416 e. The van der Waals surface area contributed by atoms with Crippen LogP contribution in [0.15, 0.2) is 54.6 Å². The van der Waals surface area contributed by atoms with Gasteiger partial charge in [0, 0.05) is 49.1 Å². The van der Waals surface area contributed by atoms with Crippen molar-refractivity contribution in [1.29, 1.82) is 0 Å². The summed E-state index contributed by atoms with van der Waals surface area (Å²) in [4.78, 5) is 25.8. The molecule has 1 amide bonds. The van der Waals surface area contributed by atoms with Gasteiger partial charge in [0.05, 0.1) is 5.56 Å². The van der Waals surface area contributed by atoms with E-state index < -0.39 is 11.7 Å². The number of piperazine rings is 1. The van der Waals surface area contributed by atoms with E-state index in [9.17, 15) is 18.0 Å². The number of hydrogen-bond donors (Lipinski definition) is 0. The van der Waals surface area contributed by atoms with Crippen LogP contribution in [0.5, 0.6) is 0 Å². The van der Waals surface area contributed by atoms with Gasteiger partial charge in [-0.3, -0.25) is 4.79 Å². The average molecular weight is 440 g/mol. The highest BCUT2D eigenvalue weighted by Gasteiger charge is 2.30. The molecule has 0 radical (unpaired) electrons. The van der Waals surface area contributed by atoms with Gasteiger partial charge >= 0.3 is 6.18 Å². The molecule has 0 atom stereocenters. The fourth-order valence-electron chi connectivity index (χ4n) is 3.77. The Kier molecular flexibility index (Phi) is 5.86. The van der Waals surface area contributed by atoms with Crippen LogP contribution in [0.25, 0.3) is 11.4 Å². The van der Waals surface area contributed by atoms with E-state index in [1.807, 2.05) is 49.1 Å². The van der Waals surface area contributed by atoms with Gasteiger partial charge in [0.25, 0.3) is 5.91 Å². The first kappa shape index (κ1) is 21.8. The van der Waals surface area contributed by atoms with Crippen molar-refractivity contribution < 1.29 is 18.0 Å². The van der Waals surface area contributed by atoms with Crippen molar-refractivity contribution in [3.63, 3.8) is 0 Å². The van der Waals surface area contributed by atoms with Crippen LogP contribution in [0.1, 0.15) is 27.2 Å². The Hall–Kier alpha value is -3.42. The Balaban J connectivity index is 1.49. The molecule has 2 aromatic carbocycles. The lowest BCUT2D eigenvalue weighted by atomic mass is 10.1. The molecule has 0 N–H and O–H groups in total. The van der Waals surface area contributed by atoms with Crippen molar-refractivity contribution in [1.82, 2.24) is 14.9 Å². The Morgan fingerprint density at radius 2 is 1.56 bits per heavy atom. The van der Waals surface area contributed by atoms with Crippen LogP contribution in [0.3, 0.4) is 0 Å². The predicted octanol–water partition coefficient (Wildman–Crippen LogP) is 4.74. The second-order valence-corrected chi connectivity index (χ2v) is 7.86. The lowest BCUT2D eigenvalue weighted by molar-refractivity contribution is -0.137. The first-order chi connectivity index (χ1) is 15.2. The highest BCUT2D eigenvalue weighted by molar-refractivity contribution is 5.95. The van der Waals surface area contributed by atoms with E-state index in [0.717, 1.165) is 23.4 Å². The lowest BCUT2D eigenvalue weighted by Gasteiger charge is -2.35. The molecule has 2 heterocycles. The smallest absolute Gasteiger partial charge is 0.353 e. The van der Waals surface area contributed by atoms with Crippen LogP contribution in [-0.2, 0) is 6.18 Å². The molecule has 0 bridgehead atoms. The number of halogens is 3. The molecule has 0 spiro atoms. The number of aryl methyl sites for hydroxylation is 2. The zero-order chi connectivity index (χ0) is 22.9. The van der Waals surface area contributed by atoms with Crippen molar-refractivity contribution in [2.45, 2.75) is 20.0 Å². The Morgan fingerprint density at radius 3 is 2.19 bits per heavy atom. The van der Waals surface area contributed by atoms with Gasteiger partial charge in [-0.1, -0.05) is 30.3 Å². The van der Waals surface area contributed by atoms with E-state index in [1.165, 1.54) is 12.1 Å². The van der Waals surface area contributed by atoms with Crippen LogP contribution in [0.2, 0.25) is 0 Å². The maximum absolute atomic E-state index is 12.9. The number of rotatable bonds is 3. The minimum atomic E-state index is -4.38. The van der Waals surface area contributed by atoms with Gasteiger partial charge in [0.1, 0.15) is 5.82 Å². The van der Waals surface area contributed by atoms with Crippen LogP contribution < -0.4 is 4.90 Å². The largest absolute Gasteiger partial charge is 0.416 e. The summed E-state index contributed by atoms with van der Waals surface area (Å²) in [6.45, 7) is 6.10. The molecule has 3 aromatic rings. The molecule has 1 fully saturated rings. The first-order valence-corrected chi connectivity index (χ1v) is 10.4. The number of hydrogen-bond acceptors (Lipinski definition) is 4. The zero-order valence-corrected chi connectivity index (χ0v) is 17.9. The van der Waals surface area contributed by atoms with Crippen molar-refractivity contribution in [3.05, 3.63) is 77.0 Å². The number of carbonyl (C=O) groups is 1. The fourth-order valence-corrected chi connectivity index (χ4v) is 3.77. The highest BCUT2D eigenvalue weighted by Crippen LogP contribution is 2.31. The van der Waals surface area contributed by atoms with Crippen LogP contribution >= 0.6 is 0 Å². The number of carbonyl (C=O) groups excluding carboxylic acids is 1. The molecule has 1 aliphatic rings. The molecule has 1 aliphatic heterocycles. The second-order valence-electron chi connectivity index (χ2n) is 7.86. The van der Waals surface area contributed by atoms with Crippen molar-refractivity contribution in [3.8, 4) is 11.4 Å². The lowest BCUT2D eigenvalue weighted by Crippen LogP contribution is -2.49. The topological polar surface area (TPSA) is 49.3 Å². The molecular weight excluding hydrogens is 417 g/mol. The molecule has 4 rings (SSSR count).